The summed E-state index contributed by atoms with van der Waals surface area (Å²) >= 11 is 0. The molecule has 0 amide bonds. The lowest BCUT2D eigenvalue weighted by Gasteiger charge is -2.18. The zero-order valence-corrected chi connectivity index (χ0v) is 8.69. The van der Waals surface area contributed by atoms with Crippen LogP contribution in [0.15, 0.2) is 24.3 Å². The highest BCUT2D eigenvalue weighted by atomic mass is 16.3. The van der Waals surface area contributed by atoms with Gasteiger partial charge in [0, 0.05) is 12.5 Å². The van der Waals surface area contributed by atoms with Crippen LogP contribution in [0.1, 0.15) is 18.4 Å². The number of aliphatic hydroxyl groups is 1. The van der Waals surface area contributed by atoms with Crippen molar-refractivity contribution in [2.75, 3.05) is 6.54 Å². The number of aromatic hydroxyl groups is 1. The molecule has 0 spiro atoms. The van der Waals surface area contributed by atoms with Crippen molar-refractivity contribution in [1.29, 1.82) is 0 Å². The van der Waals surface area contributed by atoms with Crippen molar-refractivity contribution in [2.45, 2.75) is 31.4 Å². The molecule has 1 heterocycles. The highest BCUT2D eigenvalue weighted by Crippen LogP contribution is 2.20. The lowest BCUT2D eigenvalue weighted by molar-refractivity contribution is 0.135. The van der Waals surface area contributed by atoms with Crippen LogP contribution in [-0.2, 0) is 6.42 Å². The van der Waals surface area contributed by atoms with E-state index in [1.54, 1.807) is 12.1 Å². The van der Waals surface area contributed by atoms with Crippen LogP contribution in [-0.4, -0.2) is 28.9 Å². The minimum Gasteiger partial charge on any atom is -0.508 e. The average molecular weight is 207 g/mol. The van der Waals surface area contributed by atoms with Gasteiger partial charge < -0.3 is 15.5 Å². The molecule has 1 aromatic rings. The van der Waals surface area contributed by atoms with E-state index in [0.717, 1.165) is 24.9 Å². The predicted molar refractivity (Wildman–Crippen MR) is 58.8 cm³/mol. The van der Waals surface area contributed by atoms with E-state index in [0.29, 0.717) is 6.42 Å². The van der Waals surface area contributed by atoms with Crippen LogP contribution in [0.5, 0.6) is 5.75 Å². The number of aliphatic hydroxyl groups excluding tert-OH is 1. The Morgan fingerprint density at radius 2 is 2.20 bits per heavy atom. The second-order valence-corrected chi connectivity index (χ2v) is 4.10. The van der Waals surface area contributed by atoms with E-state index < -0.39 is 6.10 Å². The maximum Gasteiger partial charge on any atom is 0.118 e. The third-order valence-corrected chi connectivity index (χ3v) is 2.98. The molecule has 1 aromatic carbocycles. The zero-order chi connectivity index (χ0) is 10.7. The Morgan fingerprint density at radius 1 is 1.40 bits per heavy atom. The van der Waals surface area contributed by atoms with Gasteiger partial charge in [-0.05, 0) is 31.0 Å². The second-order valence-electron chi connectivity index (χ2n) is 4.10. The summed E-state index contributed by atoms with van der Waals surface area (Å²) in [6.07, 6.45) is 2.27. The molecule has 2 rings (SSSR count). The van der Waals surface area contributed by atoms with Gasteiger partial charge in [-0.3, -0.25) is 0 Å². The summed E-state index contributed by atoms with van der Waals surface area (Å²) in [6.45, 7) is 0.989. The molecular formula is C12H17NO2. The van der Waals surface area contributed by atoms with Crippen LogP contribution in [0.2, 0.25) is 0 Å². The van der Waals surface area contributed by atoms with Crippen LogP contribution in [0, 0.1) is 0 Å². The Hall–Kier alpha value is -1.06. The smallest absolute Gasteiger partial charge is 0.118 e. The number of hydrogen-bond acceptors (Lipinski definition) is 3. The number of phenolic OH excluding ortho intramolecular Hbond substituents is 1. The van der Waals surface area contributed by atoms with Gasteiger partial charge in [-0.1, -0.05) is 18.2 Å². The number of phenols is 1. The maximum atomic E-state index is 9.95. The molecule has 15 heavy (non-hydrogen) atoms. The van der Waals surface area contributed by atoms with Gasteiger partial charge in [-0.25, -0.2) is 0 Å². The molecule has 3 nitrogen and oxygen atoms in total. The summed E-state index contributed by atoms with van der Waals surface area (Å²) in [6, 6.07) is 7.37. The fourth-order valence-corrected chi connectivity index (χ4v) is 2.09. The molecule has 1 saturated heterocycles. The van der Waals surface area contributed by atoms with Crippen LogP contribution in [0.25, 0.3) is 0 Å². The van der Waals surface area contributed by atoms with Gasteiger partial charge in [0.15, 0.2) is 0 Å². The van der Waals surface area contributed by atoms with E-state index in [2.05, 4.69) is 5.32 Å². The van der Waals surface area contributed by atoms with E-state index in [-0.39, 0.29) is 11.8 Å². The Labute approximate surface area is 89.8 Å². The van der Waals surface area contributed by atoms with Crippen molar-refractivity contribution in [2.24, 2.45) is 0 Å². The number of para-hydroxylation sites is 1. The Balaban J connectivity index is 1.99. The first-order valence-corrected chi connectivity index (χ1v) is 5.45. The quantitative estimate of drug-likeness (QED) is 0.694. The van der Waals surface area contributed by atoms with Gasteiger partial charge >= 0.3 is 0 Å². The molecular weight excluding hydrogens is 190 g/mol. The van der Waals surface area contributed by atoms with Crippen LogP contribution >= 0.6 is 0 Å². The minimum absolute atomic E-state index is 0.185. The molecule has 3 N–H and O–H groups in total. The van der Waals surface area contributed by atoms with Crippen LogP contribution < -0.4 is 5.32 Å². The van der Waals surface area contributed by atoms with Gasteiger partial charge in [0.2, 0.25) is 0 Å². The van der Waals surface area contributed by atoms with Gasteiger partial charge in [-0.15, -0.1) is 0 Å². The van der Waals surface area contributed by atoms with Gasteiger partial charge in [0.25, 0.3) is 0 Å². The third-order valence-electron chi connectivity index (χ3n) is 2.98. The summed E-state index contributed by atoms with van der Waals surface area (Å²) in [4.78, 5) is 0. The first kappa shape index (κ1) is 10.5. The molecule has 3 heteroatoms. The Bertz CT molecular complexity index is 321. The highest BCUT2D eigenvalue weighted by Gasteiger charge is 2.23. The summed E-state index contributed by atoms with van der Waals surface area (Å²) in [5, 5.41) is 22.8. The third kappa shape index (κ3) is 2.49. The molecule has 0 bridgehead atoms. The molecule has 0 saturated carbocycles. The van der Waals surface area contributed by atoms with Crippen molar-refractivity contribution in [3.63, 3.8) is 0 Å². The standard InChI is InChI=1S/C12H17NO2/c14-11-6-2-1-4-9(11)8-12(15)10-5-3-7-13-10/h1-2,4,6,10,12-15H,3,5,7-8H2. The summed E-state index contributed by atoms with van der Waals surface area (Å²) < 4.78 is 0. The highest BCUT2D eigenvalue weighted by molar-refractivity contribution is 5.32. The number of benzene rings is 1. The molecule has 0 radical (unpaired) electrons. The van der Waals surface area contributed by atoms with Crippen molar-refractivity contribution < 1.29 is 10.2 Å². The predicted octanol–water partition coefficient (Wildman–Crippen LogP) is 1.05. The van der Waals surface area contributed by atoms with E-state index in [1.165, 1.54) is 0 Å². The van der Waals surface area contributed by atoms with Crippen molar-refractivity contribution >= 4 is 0 Å². The molecule has 82 valence electrons. The van der Waals surface area contributed by atoms with Gasteiger partial charge in [0.1, 0.15) is 5.75 Å². The largest absolute Gasteiger partial charge is 0.508 e. The molecule has 2 unspecified atom stereocenters. The SMILES string of the molecule is Oc1ccccc1CC(O)C1CCCN1. The fourth-order valence-electron chi connectivity index (χ4n) is 2.09. The number of rotatable bonds is 3. The fraction of sp³-hybridized carbons (Fsp3) is 0.500. The van der Waals surface area contributed by atoms with Crippen molar-refractivity contribution in [3.05, 3.63) is 29.8 Å². The first-order valence-electron chi connectivity index (χ1n) is 5.45. The van der Waals surface area contributed by atoms with E-state index in [1.807, 2.05) is 12.1 Å². The summed E-state index contributed by atoms with van der Waals surface area (Å²) in [7, 11) is 0. The topological polar surface area (TPSA) is 52.5 Å². The summed E-state index contributed by atoms with van der Waals surface area (Å²) in [5.41, 5.74) is 0.818. The molecule has 1 aliphatic heterocycles. The molecule has 1 fully saturated rings. The van der Waals surface area contributed by atoms with Crippen LogP contribution in [0.3, 0.4) is 0 Å². The lowest BCUT2D eigenvalue weighted by Crippen LogP contribution is -2.36. The first-order chi connectivity index (χ1) is 7.27. The van der Waals surface area contributed by atoms with Gasteiger partial charge in [0.05, 0.1) is 6.10 Å². The average Bonchev–Trinajstić information content (AvgIpc) is 2.74. The Kier molecular flexibility index (Phi) is 3.23. The molecule has 2 atom stereocenters. The zero-order valence-electron chi connectivity index (χ0n) is 8.69. The van der Waals surface area contributed by atoms with Crippen LogP contribution in [0.4, 0.5) is 0 Å². The normalized spacial score (nSPS) is 22.9. The monoisotopic (exact) mass is 207 g/mol. The number of nitrogens with one attached hydrogen (secondary N) is 1. The molecule has 1 aliphatic rings. The molecule has 0 aromatic heterocycles. The van der Waals surface area contributed by atoms with Crippen molar-refractivity contribution in [1.82, 2.24) is 5.32 Å². The number of hydrogen-bond donors (Lipinski definition) is 3. The van der Waals surface area contributed by atoms with E-state index >= 15 is 0 Å². The van der Waals surface area contributed by atoms with Gasteiger partial charge in [-0.2, -0.15) is 0 Å². The van der Waals surface area contributed by atoms with E-state index in [9.17, 15) is 10.2 Å². The summed E-state index contributed by atoms with van der Waals surface area (Å²) in [5.74, 6) is 0.273. The van der Waals surface area contributed by atoms with Crippen molar-refractivity contribution in [3.8, 4) is 5.75 Å². The second kappa shape index (κ2) is 4.64. The minimum atomic E-state index is -0.402. The maximum absolute atomic E-state index is 9.95. The van der Waals surface area contributed by atoms with E-state index in [4.69, 9.17) is 0 Å². The molecule has 0 aliphatic carbocycles. The Morgan fingerprint density at radius 3 is 2.87 bits per heavy atom. The lowest BCUT2D eigenvalue weighted by atomic mass is 10.0.